The molecular formula is C15H15Br2N3O. The summed E-state index contributed by atoms with van der Waals surface area (Å²) in [7, 11) is 1.83. The Bertz CT molecular complexity index is 661. The molecule has 0 atom stereocenters. The first-order valence-corrected chi connectivity index (χ1v) is 7.86. The number of nitrogens with zero attached hydrogens (tertiary/aromatic N) is 1. The molecular weight excluding hydrogens is 398 g/mol. The Balaban J connectivity index is 2.04. The van der Waals surface area contributed by atoms with E-state index in [9.17, 15) is 4.79 Å². The number of benzene rings is 2. The summed E-state index contributed by atoms with van der Waals surface area (Å²) in [4.78, 5) is 13.9. The lowest BCUT2D eigenvalue weighted by atomic mass is 10.2. The summed E-state index contributed by atoms with van der Waals surface area (Å²) < 4.78 is 1.76. The van der Waals surface area contributed by atoms with Gasteiger partial charge in [0, 0.05) is 16.0 Å². The molecule has 1 amide bonds. The lowest BCUT2D eigenvalue weighted by Crippen LogP contribution is -2.30. The Hall–Kier alpha value is -1.53. The standard InChI is InChI=1S/C15H15Br2N3O/c1-20(14-7-6-10(16)8-12(14)18)9-15(21)19-13-5-3-2-4-11(13)17/h2-8H,9,18H2,1H3,(H,19,21). The molecule has 4 nitrogen and oxygen atoms in total. The molecule has 0 heterocycles. The third kappa shape index (κ3) is 4.22. The van der Waals surface area contributed by atoms with Crippen LogP contribution in [0.4, 0.5) is 17.1 Å². The molecule has 0 fully saturated rings. The average molecular weight is 413 g/mol. The number of anilines is 3. The van der Waals surface area contributed by atoms with Crippen LogP contribution >= 0.6 is 31.9 Å². The van der Waals surface area contributed by atoms with Crippen molar-refractivity contribution in [1.29, 1.82) is 0 Å². The van der Waals surface area contributed by atoms with E-state index in [0.29, 0.717) is 5.69 Å². The van der Waals surface area contributed by atoms with Crippen LogP contribution in [0.1, 0.15) is 0 Å². The van der Waals surface area contributed by atoms with Gasteiger partial charge >= 0.3 is 0 Å². The summed E-state index contributed by atoms with van der Waals surface area (Å²) in [5.41, 5.74) is 8.16. The topological polar surface area (TPSA) is 58.4 Å². The molecule has 0 aliphatic heterocycles. The molecule has 0 spiro atoms. The predicted molar refractivity (Wildman–Crippen MR) is 94.6 cm³/mol. The molecule has 21 heavy (non-hydrogen) atoms. The van der Waals surface area contributed by atoms with Crippen molar-refractivity contribution in [3.63, 3.8) is 0 Å². The van der Waals surface area contributed by atoms with Gasteiger partial charge in [-0.1, -0.05) is 28.1 Å². The summed E-state index contributed by atoms with van der Waals surface area (Å²) in [6, 6.07) is 13.1. The average Bonchev–Trinajstić information content (AvgIpc) is 2.41. The van der Waals surface area contributed by atoms with E-state index < -0.39 is 0 Å². The van der Waals surface area contributed by atoms with Crippen molar-refractivity contribution in [2.75, 3.05) is 29.5 Å². The number of carbonyl (C=O) groups is 1. The normalized spacial score (nSPS) is 10.2. The fraction of sp³-hybridized carbons (Fsp3) is 0.133. The number of nitrogens with one attached hydrogen (secondary N) is 1. The summed E-state index contributed by atoms with van der Waals surface area (Å²) in [5, 5.41) is 2.86. The van der Waals surface area contributed by atoms with Crippen LogP contribution in [0.5, 0.6) is 0 Å². The Morgan fingerprint density at radius 3 is 2.62 bits per heavy atom. The predicted octanol–water partition coefficient (Wildman–Crippen LogP) is 3.87. The number of likely N-dealkylation sites (N-methyl/N-ethyl adjacent to an activating group) is 1. The van der Waals surface area contributed by atoms with Crippen LogP contribution < -0.4 is 16.0 Å². The SMILES string of the molecule is CN(CC(=O)Nc1ccccc1Br)c1ccc(Br)cc1N. The number of nitrogens with two attached hydrogens (primary N) is 1. The first-order valence-electron chi connectivity index (χ1n) is 6.28. The van der Waals surface area contributed by atoms with Crippen molar-refractivity contribution < 1.29 is 4.79 Å². The van der Waals surface area contributed by atoms with E-state index in [0.717, 1.165) is 20.3 Å². The van der Waals surface area contributed by atoms with Crippen molar-refractivity contribution >= 4 is 54.8 Å². The zero-order chi connectivity index (χ0) is 15.4. The van der Waals surface area contributed by atoms with Crippen molar-refractivity contribution in [2.24, 2.45) is 0 Å². The number of para-hydroxylation sites is 1. The number of nitrogen functional groups attached to an aromatic ring is 1. The first kappa shape index (κ1) is 15.9. The minimum absolute atomic E-state index is 0.105. The van der Waals surface area contributed by atoms with E-state index in [2.05, 4.69) is 37.2 Å². The Kier molecular flexibility index (Phi) is 5.25. The van der Waals surface area contributed by atoms with Crippen LogP contribution in [-0.2, 0) is 4.79 Å². The van der Waals surface area contributed by atoms with Gasteiger partial charge in [0.05, 0.1) is 23.6 Å². The maximum atomic E-state index is 12.1. The third-order valence-electron chi connectivity index (χ3n) is 2.93. The largest absolute Gasteiger partial charge is 0.397 e. The highest BCUT2D eigenvalue weighted by Gasteiger charge is 2.11. The molecule has 0 bridgehead atoms. The zero-order valence-corrected chi connectivity index (χ0v) is 14.6. The van der Waals surface area contributed by atoms with Crippen LogP contribution in [0, 0.1) is 0 Å². The van der Waals surface area contributed by atoms with Gasteiger partial charge in [-0.2, -0.15) is 0 Å². The van der Waals surface area contributed by atoms with Gasteiger partial charge in [0.15, 0.2) is 0 Å². The van der Waals surface area contributed by atoms with Gasteiger partial charge in [-0.15, -0.1) is 0 Å². The fourth-order valence-corrected chi connectivity index (χ4v) is 2.69. The molecule has 0 unspecified atom stereocenters. The number of halogens is 2. The summed E-state index contributed by atoms with van der Waals surface area (Å²) >= 11 is 6.77. The summed E-state index contributed by atoms with van der Waals surface area (Å²) in [5.74, 6) is -0.105. The molecule has 0 saturated carbocycles. The molecule has 0 radical (unpaired) electrons. The number of carbonyl (C=O) groups excluding carboxylic acids is 1. The van der Waals surface area contributed by atoms with Gasteiger partial charge in [0.25, 0.3) is 0 Å². The van der Waals surface area contributed by atoms with E-state index in [1.54, 1.807) is 0 Å². The molecule has 3 N–H and O–H groups in total. The number of amides is 1. The van der Waals surface area contributed by atoms with Crippen molar-refractivity contribution in [2.45, 2.75) is 0 Å². The second-order valence-electron chi connectivity index (χ2n) is 4.59. The van der Waals surface area contributed by atoms with E-state index in [-0.39, 0.29) is 12.5 Å². The van der Waals surface area contributed by atoms with Crippen molar-refractivity contribution in [1.82, 2.24) is 0 Å². The van der Waals surface area contributed by atoms with Crippen LogP contribution in [0.3, 0.4) is 0 Å². The molecule has 110 valence electrons. The zero-order valence-electron chi connectivity index (χ0n) is 11.4. The highest BCUT2D eigenvalue weighted by Crippen LogP contribution is 2.26. The minimum Gasteiger partial charge on any atom is -0.397 e. The monoisotopic (exact) mass is 411 g/mol. The molecule has 0 saturated heterocycles. The van der Waals surface area contributed by atoms with Gasteiger partial charge in [0.1, 0.15) is 0 Å². The molecule has 2 aromatic carbocycles. The molecule has 6 heteroatoms. The molecule has 2 rings (SSSR count). The van der Waals surface area contributed by atoms with E-state index in [1.165, 1.54) is 0 Å². The Morgan fingerprint density at radius 2 is 1.95 bits per heavy atom. The Morgan fingerprint density at radius 1 is 1.24 bits per heavy atom. The van der Waals surface area contributed by atoms with Crippen LogP contribution in [-0.4, -0.2) is 19.5 Å². The van der Waals surface area contributed by atoms with Crippen LogP contribution in [0.2, 0.25) is 0 Å². The van der Waals surface area contributed by atoms with Gasteiger partial charge in [-0.05, 0) is 46.3 Å². The van der Waals surface area contributed by atoms with Gasteiger partial charge < -0.3 is 16.0 Å². The van der Waals surface area contributed by atoms with E-state index in [4.69, 9.17) is 5.73 Å². The molecule has 2 aromatic rings. The highest BCUT2D eigenvalue weighted by molar-refractivity contribution is 9.10. The maximum Gasteiger partial charge on any atom is 0.243 e. The third-order valence-corrected chi connectivity index (χ3v) is 4.11. The fourth-order valence-electron chi connectivity index (χ4n) is 1.93. The second kappa shape index (κ2) is 6.95. The van der Waals surface area contributed by atoms with Crippen LogP contribution in [0.15, 0.2) is 51.4 Å². The van der Waals surface area contributed by atoms with E-state index >= 15 is 0 Å². The molecule has 0 aliphatic rings. The summed E-state index contributed by atoms with van der Waals surface area (Å²) in [6.07, 6.45) is 0. The number of hydrogen-bond acceptors (Lipinski definition) is 3. The quantitative estimate of drug-likeness (QED) is 0.749. The maximum absolute atomic E-state index is 12.1. The summed E-state index contributed by atoms with van der Waals surface area (Å²) in [6.45, 7) is 0.215. The van der Waals surface area contributed by atoms with E-state index in [1.807, 2.05) is 54.4 Å². The van der Waals surface area contributed by atoms with Crippen molar-refractivity contribution in [3.05, 3.63) is 51.4 Å². The number of hydrogen-bond donors (Lipinski definition) is 2. The first-order chi connectivity index (χ1) is 9.97. The van der Waals surface area contributed by atoms with Gasteiger partial charge in [-0.25, -0.2) is 0 Å². The molecule has 0 aliphatic carbocycles. The number of rotatable bonds is 4. The smallest absolute Gasteiger partial charge is 0.243 e. The van der Waals surface area contributed by atoms with Crippen molar-refractivity contribution in [3.8, 4) is 0 Å². The lowest BCUT2D eigenvalue weighted by molar-refractivity contribution is -0.114. The molecule has 0 aromatic heterocycles. The lowest BCUT2D eigenvalue weighted by Gasteiger charge is -2.21. The Labute approximate surface area is 140 Å². The highest BCUT2D eigenvalue weighted by atomic mass is 79.9. The second-order valence-corrected chi connectivity index (χ2v) is 6.36. The van der Waals surface area contributed by atoms with Crippen LogP contribution in [0.25, 0.3) is 0 Å². The minimum atomic E-state index is -0.105. The van der Waals surface area contributed by atoms with Gasteiger partial charge in [-0.3, -0.25) is 4.79 Å². The van der Waals surface area contributed by atoms with Gasteiger partial charge in [0.2, 0.25) is 5.91 Å².